The van der Waals surface area contributed by atoms with E-state index >= 15 is 0 Å². The van der Waals surface area contributed by atoms with E-state index in [0.717, 1.165) is 26.6 Å². The average Bonchev–Trinajstić information content (AvgIpc) is 3.03. The third-order valence-electron chi connectivity index (χ3n) is 7.48. The second-order valence-corrected chi connectivity index (χ2v) is 13.9. The molecule has 0 aliphatic rings. The normalized spacial score (nSPS) is 12.0. The Balaban J connectivity index is 1.80. The van der Waals surface area contributed by atoms with Gasteiger partial charge in [-0.1, -0.05) is 110 Å². The predicted octanol–water partition coefficient (Wildman–Crippen LogP) is 6.56. The zero-order valence-corrected chi connectivity index (χ0v) is 27.7. The van der Waals surface area contributed by atoms with Gasteiger partial charge in [-0.15, -0.1) is 0 Å². The molecule has 0 fully saturated rings. The molecule has 2 amide bonds. The first-order valence-electron chi connectivity index (χ1n) is 15.0. The van der Waals surface area contributed by atoms with E-state index in [1.807, 2.05) is 82.3 Å². The molecule has 4 rings (SSSR count). The largest absolute Gasteiger partial charge is 0.354 e. The Bertz CT molecular complexity index is 1700. The minimum absolute atomic E-state index is 0.0371. The minimum Gasteiger partial charge on any atom is -0.354 e. The summed E-state index contributed by atoms with van der Waals surface area (Å²) in [5, 5.41) is 3.38. The van der Waals surface area contributed by atoms with Gasteiger partial charge in [0, 0.05) is 24.5 Å². The summed E-state index contributed by atoms with van der Waals surface area (Å²) < 4.78 is 29.2. The Morgan fingerprint density at radius 2 is 1.44 bits per heavy atom. The van der Waals surface area contributed by atoms with Crippen LogP contribution in [-0.4, -0.2) is 44.3 Å². The molecule has 0 spiro atoms. The van der Waals surface area contributed by atoms with Crippen LogP contribution in [0.5, 0.6) is 0 Å². The number of rotatable bonds is 13. The Labute approximate surface area is 271 Å². The quantitative estimate of drug-likeness (QED) is 0.178. The van der Waals surface area contributed by atoms with Crippen LogP contribution in [0, 0.1) is 19.8 Å². The van der Waals surface area contributed by atoms with Gasteiger partial charge in [0.15, 0.2) is 0 Å². The molecule has 0 aromatic heterocycles. The lowest BCUT2D eigenvalue weighted by Gasteiger charge is -2.34. The summed E-state index contributed by atoms with van der Waals surface area (Å²) in [6.45, 7) is 7.81. The van der Waals surface area contributed by atoms with Crippen molar-refractivity contribution >= 4 is 39.1 Å². The maximum Gasteiger partial charge on any atom is 0.264 e. The molecule has 4 aromatic carbocycles. The van der Waals surface area contributed by atoms with Crippen LogP contribution in [0.15, 0.2) is 108 Å². The second-order valence-electron chi connectivity index (χ2n) is 11.6. The molecule has 0 aliphatic carbocycles. The molecule has 0 aliphatic heterocycles. The summed E-state index contributed by atoms with van der Waals surface area (Å²) in [6, 6.07) is 29.2. The van der Waals surface area contributed by atoms with Crippen molar-refractivity contribution in [1.29, 1.82) is 0 Å². The number of hydrogen-bond donors (Lipinski definition) is 1. The molecular weight excluding hydrogens is 606 g/mol. The smallest absolute Gasteiger partial charge is 0.264 e. The van der Waals surface area contributed by atoms with Crippen molar-refractivity contribution in [3.63, 3.8) is 0 Å². The van der Waals surface area contributed by atoms with Gasteiger partial charge in [0.25, 0.3) is 10.0 Å². The van der Waals surface area contributed by atoms with Gasteiger partial charge in [-0.2, -0.15) is 0 Å². The van der Waals surface area contributed by atoms with E-state index in [0.29, 0.717) is 11.6 Å². The fraction of sp³-hybridized carbons (Fsp3) is 0.278. The van der Waals surface area contributed by atoms with E-state index in [4.69, 9.17) is 11.6 Å². The molecule has 0 radical (unpaired) electrons. The number of anilines is 1. The van der Waals surface area contributed by atoms with Crippen LogP contribution in [0.3, 0.4) is 0 Å². The van der Waals surface area contributed by atoms with Crippen LogP contribution in [-0.2, 0) is 32.6 Å². The fourth-order valence-electron chi connectivity index (χ4n) is 4.85. The van der Waals surface area contributed by atoms with Gasteiger partial charge in [0.2, 0.25) is 11.8 Å². The molecule has 1 atom stereocenters. The Kier molecular flexibility index (Phi) is 11.4. The minimum atomic E-state index is -4.19. The molecule has 0 bridgehead atoms. The van der Waals surface area contributed by atoms with Crippen LogP contribution < -0.4 is 9.62 Å². The van der Waals surface area contributed by atoms with E-state index in [2.05, 4.69) is 5.32 Å². The lowest BCUT2D eigenvalue weighted by atomic mass is 10.0. The van der Waals surface area contributed by atoms with Crippen LogP contribution in [0.25, 0.3) is 0 Å². The summed E-state index contributed by atoms with van der Waals surface area (Å²) in [7, 11) is -4.19. The third-order valence-corrected chi connectivity index (χ3v) is 9.68. The molecule has 45 heavy (non-hydrogen) atoms. The maximum atomic E-state index is 14.5. The summed E-state index contributed by atoms with van der Waals surface area (Å²) in [6.07, 6.45) is 0.254. The zero-order valence-electron chi connectivity index (χ0n) is 26.1. The third kappa shape index (κ3) is 8.96. The monoisotopic (exact) mass is 645 g/mol. The summed E-state index contributed by atoms with van der Waals surface area (Å²) in [5.74, 6) is -0.623. The topological polar surface area (TPSA) is 86.8 Å². The van der Waals surface area contributed by atoms with Gasteiger partial charge in [0.05, 0.1) is 10.6 Å². The predicted molar refractivity (Wildman–Crippen MR) is 181 cm³/mol. The van der Waals surface area contributed by atoms with Gasteiger partial charge in [-0.25, -0.2) is 8.42 Å². The maximum absolute atomic E-state index is 14.5. The first-order valence-corrected chi connectivity index (χ1v) is 16.8. The van der Waals surface area contributed by atoms with Gasteiger partial charge < -0.3 is 10.2 Å². The number of carbonyl (C=O) groups is 2. The van der Waals surface area contributed by atoms with E-state index < -0.39 is 28.5 Å². The standard InChI is InChI=1S/C36H40ClN3O4S/c1-26(2)23-38-36(42)34(21-29-11-7-5-8-12-29)39(24-30-18-15-27(3)16-19-30)35(41)25-40(31-20-17-28(4)33(37)22-31)45(43,44)32-13-9-6-10-14-32/h5-20,22,26,34H,21,23-25H2,1-4H3,(H,38,42)/t34-/m1/s1. The molecule has 4 aromatic rings. The SMILES string of the molecule is Cc1ccc(CN(C(=O)CN(c2ccc(C)c(Cl)c2)S(=O)(=O)c2ccccc2)[C@H](Cc2ccccc2)C(=O)NCC(C)C)cc1. The highest BCUT2D eigenvalue weighted by Crippen LogP contribution is 2.29. The number of sulfonamides is 1. The number of carbonyl (C=O) groups excluding carboxylic acids is 2. The van der Waals surface area contributed by atoms with E-state index in [-0.39, 0.29) is 35.4 Å². The van der Waals surface area contributed by atoms with E-state index in [1.165, 1.54) is 17.0 Å². The highest BCUT2D eigenvalue weighted by molar-refractivity contribution is 7.92. The lowest BCUT2D eigenvalue weighted by molar-refractivity contribution is -0.140. The number of nitrogens with one attached hydrogen (secondary N) is 1. The van der Waals surface area contributed by atoms with Crippen LogP contribution in [0.2, 0.25) is 5.02 Å². The number of nitrogens with zero attached hydrogens (tertiary/aromatic N) is 2. The van der Waals surface area contributed by atoms with Crippen molar-refractivity contribution < 1.29 is 18.0 Å². The highest BCUT2D eigenvalue weighted by Gasteiger charge is 2.34. The van der Waals surface area contributed by atoms with Gasteiger partial charge in [0.1, 0.15) is 12.6 Å². The van der Waals surface area contributed by atoms with Crippen molar-refractivity contribution in [3.05, 3.63) is 130 Å². The molecule has 0 unspecified atom stereocenters. The molecular formula is C36H40ClN3O4S. The lowest BCUT2D eigenvalue weighted by Crippen LogP contribution is -2.53. The van der Waals surface area contributed by atoms with Gasteiger partial charge in [-0.05, 0) is 60.7 Å². The Morgan fingerprint density at radius 3 is 2.04 bits per heavy atom. The first-order chi connectivity index (χ1) is 21.5. The molecule has 7 nitrogen and oxygen atoms in total. The van der Waals surface area contributed by atoms with Gasteiger partial charge in [-0.3, -0.25) is 13.9 Å². The van der Waals surface area contributed by atoms with E-state index in [9.17, 15) is 18.0 Å². The number of halogens is 1. The average molecular weight is 646 g/mol. The number of benzene rings is 4. The first kappa shape index (κ1) is 33.7. The molecule has 1 N–H and O–H groups in total. The summed E-state index contributed by atoms with van der Waals surface area (Å²) in [4.78, 5) is 29.9. The number of hydrogen-bond acceptors (Lipinski definition) is 4. The van der Waals surface area contributed by atoms with Crippen molar-refractivity contribution in [2.45, 2.75) is 51.6 Å². The van der Waals surface area contributed by atoms with Crippen LogP contribution >= 0.6 is 11.6 Å². The van der Waals surface area contributed by atoms with E-state index in [1.54, 1.807) is 36.4 Å². The van der Waals surface area contributed by atoms with Crippen molar-refractivity contribution in [2.75, 3.05) is 17.4 Å². The number of amides is 2. The highest BCUT2D eigenvalue weighted by atomic mass is 35.5. The van der Waals surface area contributed by atoms with Crippen LogP contribution in [0.4, 0.5) is 5.69 Å². The molecule has 0 saturated carbocycles. The zero-order chi connectivity index (χ0) is 32.6. The molecule has 0 saturated heterocycles. The van der Waals surface area contributed by atoms with Crippen molar-refractivity contribution in [3.8, 4) is 0 Å². The number of aryl methyl sites for hydroxylation is 2. The molecule has 236 valence electrons. The summed E-state index contributed by atoms with van der Waals surface area (Å²) >= 11 is 6.45. The van der Waals surface area contributed by atoms with Crippen LogP contribution in [0.1, 0.15) is 36.1 Å². The summed E-state index contributed by atoms with van der Waals surface area (Å²) in [5.41, 5.74) is 3.78. The molecule has 9 heteroatoms. The molecule has 0 heterocycles. The Hall–Kier alpha value is -4.14. The van der Waals surface area contributed by atoms with Gasteiger partial charge >= 0.3 is 0 Å². The fourth-order valence-corrected chi connectivity index (χ4v) is 6.45. The van der Waals surface area contributed by atoms with Crippen molar-refractivity contribution in [1.82, 2.24) is 10.2 Å². The second kappa shape index (κ2) is 15.2. The van der Waals surface area contributed by atoms with Crippen molar-refractivity contribution in [2.24, 2.45) is 5.92 Å². The Morgan fingerprint density at radius 1 is 0.822 bits per heavy atom.